The van der Waals surface area contributed by atoms with Crippen molar-refractivity contribution in [3.05, 3.63) is 66.4 Å². The van der Waals surface area contributed by atoms with Crippen LogP contribution in [0.3, 0.4) is 0 Å². The van der Waals surface area contributed by atoms with Crippen LogP contribution in [0.2, 0.25) is 0 Å². The lowest BCUT2D eigenvalue weighted by atomic mass is 10.2. The smallest absolute Gasteiger partial charge is 0.262 e. The van der Waals surface area contributed by atoms with Crippen molar-refractivity contribution in [3.8, 4) is 5.75 Å². The fourth-order valence-electron chi connectivity index (χ4n) is 2.44. The standard InChI is InChI=1S/C20H19N3O3/c1-23(2)20(25)14-5-7-16(8-6-14)22-19(24)13-26-17-9-10-18-15(12-17)4-3-11-21-18/h3-12H,13H2,1-2H3,(H,22,24). The van der Waals surface area contributed by atoms with Crippen molar-refractivity contribution in [2.24, 2.45) is 0 Å². The second kappa shape index (κ2) is 7.65. The van der Waals surface area contributed by atoms with Crippen LogP contribution >= 0.6 is 0 Å². The van der Waals surface area contributed by atoms with Gasteiger partial charge in [0.25, 0.3) is 11.8 Å². The minimum absolute atomic E-state index is 0.0861. The number of nitrogens with one attached hydrogen (secondary N) is 1. The Kier molecular flexibility index (Phi) is 5.12. The number of rotatable bonds is 5. The SMILES string of the molecule is CN(C)C(=O)c1ccc(NC(=O)COc2ccc3ncccc3c2)cc1. The van der Waals surface area contributed by atoms with Crippen molar-refractivity contribution >= 4 is 28.4 Å². The van der Waals surface area contributed by atoms with E-state index in [4.69, 9.17) is 4.74 Å². The molecule has 1 aromatic heterocycles. The van der Waals surface area contributed by atoms with Gasteiger partial charge in [-0.1, -0.05) is 6.07 Å². The molecule has 6 nitrogen and oxygen atoms in total. The lowest BCUT2D eigenvalue weighted by Crippen LogP contribution is -2.22. The molecule has 0 saturated heterocycles. The first-order chi connectivity index (χ1) is 12.5. The van der Waals surface area contributed by atoms with Crippen molar-refractivity contribution in [3.63, 3.8) is 0 Å². The summed E-state index contributed by atoms with van der Waals surface area (Å²) in [5, 5.41) is 3.69. The summed E-state index contributed by atoms with van der Waals surface area (Å²) in [6.07, 6.45) is 1.73. The van der Waals surface area contributed by atoms with Crippen LogP contribution in [0.5, 0.6) is 5.75 Å². The molecule has 0 aliphatic rings. The molecule has 0 fully saturated rings. The molecule has 0 unspecified atom stereocenters. The van der Waals surface area contributed by atoms with E-state index in [-0.39, 0.29) is 18.4 Å². The first kappa shape index (κ1) is 17.4. The van der Waals surface area contributed by atoms with Gasteiger partial charge in [0.05, 0.1) is 5.52 Å². The second-order valence-corrected chi connectivity index (χ2v) is 5.97. The van der Waals surface area contributed by atoms with E-state index in [0.29, 0.717) is 17.0 Å². The average molecular weight is 349 g/mol. The van der Waals surface area contributed by atoms with Gasteiger partial charge in [-0.05, 0) is 48.5 Å². The number of ether oxygens (including phenoxy) is 1. The van der Waals surface area contributed by atoms with E-state index in [2.05, 4.69) is 10.3 Å². The predicted octanol–water partition coefficient (Wildman–Crippen LogP) is 2.95. The van der Waals surface area contributed by atoms with Crippen LogP contribution in [0, 0.1) is 0 Å². The summed E-state index contributed by atoms with van der Waals surface area (Å²) in [7, 11) is 3.39. The lowest BCUT2D eigenvalue weighted by molar-refractivity contribution is -0.118. The Hall–Kier alpha value is -3.41. The molecule has 0 aliphatic carbocycles. The van der Waals surface area contributed by atoms with Crippen LogP contribution in [0.15, 0.2) is 60.8 Å². The highest BCUT2D eigenvalue weighted by Crippen LogP contribution is 2.19. The third-order valence-electron chi connectivity index (χ3n) is 3.77. The summed E-state index contributed by atoms with van der Waals surface area (Å²) in [5.41, 5.74) is 2.04. The first-order valence-electron chi connectivity index (χ1n) is 8.12. The van der Waals surface area contributed by atoms with Gasteiger partial charge in [-0.3, -0.25) is 14.6 Å². The number of carbonyl (C=O) groups excluding carboxylic acids is 2. The molecular formula is C20H19N3O3. The molecular weight excluding hydrogens is 330 g/mol. The lowest BCUT2D eigenvalue weighted by Gasteiger charge is -2.11. The van der Waals surface area contributed by atoms with E-state index in [1.54, 1.807) is 50.6 Å². The van der Waals surface area contributed by atoms with Gasteiger partial charge in [0.15, 0.2) is 6.61 Å². The average Bonchev–Trinajstić information content (AvgIpc) is 2.66. The zero-order valence-corrected chi connectivity index (χ0v) is 14.6. The molecule has 1 heterocycles. The zero-order chi connectivity index (χ0) is 18.5. The highest BCUT2D eigenvalue weighted by atomic mass is 16.5. The van der Waals surface area contributed by atoms with Crippen LogP contribution in [-0.2, 0) is 4.79 Å². The van der Waals surface area contributed by atoms with Gasteiger partial charge < -0.3 is 15.0 Å². The number of carbonyl (C=O) groups is 2. The first-order valence-corrected chi connectivity index (χ1v) is 8.12. The minimum atomic E-state index is -0.275. The van der Waals surface area contributed by atoms with Gasteiger partial charge in [-0.2, -0.15) is 0 Å². The van der Waals surface area contributed by atoms with Gasteiger partial charge in [0.1, 0.15) is 5.75 Å². The number of nitrogens with zero attached hydrogens (tertiary/aromatic N) is 2. The van der Waals surface area contributed by atoms with E-state index in [1.165, 1.54) is 4.90 Å². The summed E-state index contributed by atoms with van der Waals surface area (Å²) in [4.78, 5) is 29.6. The summed E-state index contributed by atoms with van der Waals surface area (Å²) in [6.45, 7) is -0.107. The summed E-state index contributed by atoms with van der Waals surface area (Å²) < 4.78 is 5.54. The molecule has 3 rings (SSSR count). The van der Waals surface area contributed by atoms with Crippen LogP contribution in [0.25, 0.3) is 10.9 Å². The maximum Gasteiger partial charge on any atom is 0.262 e. The Labute approximate surface area is 151 Å². The van der Waals surface area contributed by atoms with E-state index < -0.39 is 0 Å². The number of hydrogen-bond donors (Lipinski definition) is 1. The number of aromatic nitrogens is 1. The third-order valence-corrected chi connectivity index (χ3v) is 3.77. The monoisotopic (exact) mass is 349 g/mol. The molecule has 0 aliphatic heterocycles. The van der Waals surface area contributed by atoms with Crippen molar-refractivity contribution in [2.45, 2.75) is 0 Å². The fraction of sp³-hybridized carbons (Fsp3) is 0.150. The molecule has 2 aromatic carbocycles. The van der Waals surface area contributed by atoms with Crippen LogP contribution in [-0.4, -0.2) is 42.4 Å². The normalized spacial score (nSPS) is 10.4. The van der Waals surface area contributed by atoms with Crippen molar-refractivity contribution < 1.29 is 14.3 Å². The number of benzene rings is 2. The van der Waals surface area contributed by atoms with Gasteiger partial charge in [0, 0.05) is 36.9 Å². The molecule has 0 saturated carbocycles. The Morgan fingerprint density at radius 1 is 1.08 bits per heavy atom. The minimum Gasteiger partial charge on any atom is -0.484 e. The molecule has 3 aromatic rings. The topological polar surface area (TPSA) is 71.5 Å². The highest BCUT2D eigenvalue weighted by Gasteiger charge is 2.09. The van der Waals surface area contributed by atoms with Crippen molar-refractivity contribution in [1.82, 2.24) is 9.88 Å². The Bertz CT molecular complexity index is 936. The molecule has 0 bridgehead atoms. The van der Waals surface area contributed by atoms with E-state index in [1.807, 2.05) is 24.3 Å². The predicted molar refractivity (Wildman–Crippen MR) is 100 cm³/mol. The van der Waals surface area contributed by atoms with Gasteiger partial charge in [0.2, 0.25) is 0 Å². The highest BCUT2D eigenvalue weighted by molar-refractivity contribution is 5.95. The molecule has 0 spiro atoms. The van der Waals surface area contributed by atoms with Crippen LogP contribution in [0.4, 0.5) is 5.69 Å². The van der Waals surface area contributed by atoms with Crippen LogP contribution in [0.1, 0.15) is 10.4 Å². The quantitative estimate of drug-likeness (QED) is 0.769. The number of fused-ring (bicyclic) bond motifs is 1. The van der Waals surface area contributed by atoms with E-state index in [9.17, 15) is 9.59 Å². The number of pyridine rings is 1. The number of hydrogen-bond acceptors (Lipinski definition) is 4. The third kappa shape index (κ3) is 4.16. The molecule has 1 N–H and O–H groups in total. The van der Waals surface area contributed by atoms with Gasteiger partial charge in [-0.25, -0.2) is 0 Å². The zero-order valence-electron chi connectivity index (χ0n) is 14.6. The molecule has 2 amide bonds. The van der Waals surface area contributed by atoms with E-state index in [0.717, 1.165) is 10.9 Å². The van der Waals surface area contributed by atoms with E-state index >= 15 is 0 Å². The van der Waals surface area contributed by atoms with Crippen LogP contribution < -0.4 is 10.1 Å². The largest absolute Gasteiger partial charge is 0.484 e. The second-order valence-electron chi connectivity index (χ2n) is 5.97. The molecule has 0 atom stereocenters. The molecule has 6 heteroatoms. The Morgan fingerprint density at radius 3 is 2.58 bits per heavy atom. The summed E-state index contributed by atoms with van der Waals surface area (Å²) in [6, 6.07) is 16.0. The number of amides is 2. The molecule has 0 radical (unpaired) electrons. The van der Waals surface area contributed by atoms with Gasteiger partial charge in [-0.15, -0.1) is 0 Å². The van der Waals surface area contributed by atoms with Crippen molar-refractivity contribution in [1.29, 1.82) is 0 Å². The Morgan fingerprint density at radius 2 is 1.85 bits per heavy atom. The molecule has 26 heavy (non-hydrogen) atoms. The van der Waals surface area contributed by atoms with Gasteiger partial charge >= 0.3 is 0 Å². The van der Waals surface area contributed by atoms with Crippen molar-refractivity contribution in [2.75, 3.05) is 26.0 Å². The fourth-order valence-corrected chi connectivity index (χ4v) is 2.44. The molecule has 132 valence electrons. The maximum atomic E-state index is 12.1. The summed E-state index contributed by atoms with van der Waals surface area (Å²) >= 11 is 0. The Balaban J connectivity index is 1.57. The number of anilines is 1. The summed E-state index contributed by atoms with van der Waals surface area (Å²) in [5.74, 6) is 0.243. The maximum absolute atomic E-state index is 12.1.